The Labute approximate surface area is 155 Å². The number of guanidine groups is 1. The molecule has 26 heavy (non-hydrogen) atoms. The van der Waals surface area contributed by atoms with Gasteiger partial charge in [0.1, 0.15) is 5.75 Å². The highest BCUT2D eigenvalue weighted by Crippen LogP contribution is 2.18. The Morgan fingerprint density at radius 3 is 2.38 bits per heavy atom. The van der Waals surface area contributed by atoms with Gasteiger partial charge in [0, 0.05) is 10.7 Å². The van der Waals surface area contributed by atoms with Crippen molar-refractivity contribution in [3.05, 3.63) is 53.6 Å². The summed E-state index contributed by atoms with van der Waals surface area (Å²) in [7, 11) is -4.32. The van der Waals surface area contributed by atoms with E-state index in [-0.39, 0.29) is 23.1 Å². The van der Waals surface area contributed by atoms with E-state index in [2.05, 4.69) is 16.8 Å². The summed E-state index contributed by atoms with van der Waals surface area (Å²) < 4.78 is 36.2. The number of carbonyl (C=O) groups excluding carboxylic acids is 1. The zero-order valence-corrected chi connectivity index (χ0v) is 14.9. The number of anilines is 1. The fraction of sp³-hybridized carbons (Fsp3) is 0.0667. The molecule has 0 aliphatic heterocycles. The van der Waals surface area contributed by atoms with E-state index < -0.39 is 16.0 Å². The van der Waals surface area contributed by atoms with Crippen molar-refractivity contribution in [2.24, 2.45) is 11.5 Å². The molecule has 0 radical (unpaired) electrons. The zero-order chi connectivity index (χ0) is 19.7. The molecule has 0 fully saturated rings. The molecular weight excluding hydrogens is 384 g/mol. The topological polar surface area (TPSA) is 169 Å². The van der Waals surface area contributed by atoms with Crippen molar-refractivity contribution in [3.8, 4) is 5.75 Å². The van der Waals surface area contributed by atoms with Crippen molar-refractivity contribution >= 4 is 39.3 Å². The van der Waals surface area contributed by atoms with Crippen LogP contribution in [-0.4, -0.2) is 31.4 Å². The van der Waals surface area contributed by atoms with E-state index in [1.807, 2.05) is 0 Å². The predicted molar refractivity (Wildman–Crippen MR) is 97.9 cm³/mol. The van der Waals surface area contributed by atoms with Gasteiger partial charge >= 0.3 is 0 Å². The number of nitrogens with two attached hydrogens (primary N) is 2. The summed E-state index contributed by atoms with van der Waals surface area (Å²) in [4.78, 5) is 11.4. The van der Waals surface area contributed by atoms with Gasteiger partial charge in [0.2, 0.25) is 0 Å². The van der Waals surface area contributed by atoms with Gasteiger partial charge in [-0.25, -0.2) is 0 Å². The molecule has 0 aromatic heterocycles. The van der Waals surface area contributed by atoms with E-state index in [1.165, 1.54) is 18.2 Å². The normalized spacial score (nSPS) is 10.2. The lowest BCUT2D eigenvalue weighted by molar-refractivity contribution is -0.118. The fourth-order valence-corrected chi connectivity index (χ4v) is 2.34. The number of ether oxygens (including phenoxy) is 1. The molecule has 0 bridgehead atoms. The van der Waals surface area contributed by atoms with Crippen LogP contribution in [0.3, 0.4) is 0 Å². The molecule has 0 saturated heterocycles. The molecule has 0 heterocycles. The van der Waals surface area contributed by atoms with Gasteiger partial charge in [-0.3, -0.25) is 14.8 Å². The van der Waals surface area contributed by atoms with Crippen LogP contribution in [-0.2, 0) is 14.9 Å². The number of halogens is 1. The first-order chi connectivity index (χ1) is 12.1. The van der Waals surface area contributed by atoms with E-state index >= 15 is 0 Å². The second-order valence-electron chi connectivity index (χ2n) is 4.75. The Morgan fingerprint density at radius 1 is 1.19 bits per heavy atom. The largest absolute Gasteiger partial charge is 0.484 e. The third-order valence-corrected chi connectivity index (χ3v) is 3.67. The average molecular weight is 401 g/mol. The number of carbonyl (C=O) groups is 1. The lowest BCUT2D eigenvalue weighted by atomic mass is 10.3. The number of benzene rings is 2. The van der Waals surface area contributed by atoms with Crippen LogP contribution in [0.4, 0.5) is 5.69 Å². The molecule has 0 aliphatic carbocycles. The molecule has 9 nitrogen and oxygen atoms in total. The number of hydrogen-bond acceptors (Lipinski definition) is 5. The lowest BCUT2D eigenvalue weighted by Crippen LogP contribution is -2.20. The van der Waals surface area contributed by atoms with Crippen molar-refractivity contribution in [1.29, 1.82) is 5.41 Å². The van der Waals surface area contributed by atoms with Crippen molar-refractivity contribution in [3.63, 3.8) is 0 Å². The first-order valence-electron chi connectivity index (χ1n) is 6.93. The second kappa shape index (κ2) is 9.61. The monoisotopic (exact) mass is 400 g/mol. The van der Waals surface area contributed by atoms with Crippen LogP contribution < -0.4 is 21.5 Å². The third-order valence-electron chi connectivity index (χ3n) is 2.58. The van der Waals surface area contributed by atoms with Gasteiger partial charge in [0.05, 0.1) is 4.90 Å². The molecule has 1 amide bonds. The lowest BCUT2D eigenvalue weighted by Gasteiger charge is -2.08. The summed E-state index contributed by atoms with van der Waals surface area (Å²) in [6.45, 7) is -0.267. The number of nitrogens with one attached hydrogen (secondary N) is 2. The van der Waals surface area contributed by atoms with Crippen molar-refractivity contribution < 1.29 is 22.5 Å². The molecule has 0 atom stereocenters. The Hall–Kier alpha value is -2.82. The fourth-order valence-electron chi connectivity index (χ4n) is 1.64. The van der Waals surface area contributed by atoms with E-state index in [0.717, 1.165) is 6.07 Å². The third kappa shape index (κ3) is 8.33. The van der Waals surface area contributed by atoms with Gasteiger partial charge in [0.25, 0.3) is 16.0 Å². The molecule has 7 N–H and O–H groups in total. The van der Waals surface area contributed by atoms with Crippen LogP contribution >= 0.6 is 11.6 Å². The van der Waals surface area contributed by atoms with Crippen molar-refractivity contribution in [1.82, 2.24) is 0 Å². The molecule has 0 spiro atoms. The molecule has 0 unspecified atom stereocenters. The Balaban J connectivity index is 0.000000765. The highest BCUT2D eigenvalue weighted by atomic mass is 35.5. The number of amides is 1. The van der Waals surface area contributed by atoms with E-state index in [1.54, 1.807) is 24.3 Å². The first kappa shape index (κ1) is 21.2. The average Bonchev–Trinajstić information content (AvgIpc) is 2.52. The summed E-state index contributed by atoms with van der Waals surface area (Å²) in [5.74, 6) is -0.373. The van der Waals surface area contributed by atoms with Gasteiger partial charge < -0.3 is 21.5 Å². The van der Waals surface area contributed by atoms with Gasteiger partial charge in [-0.05, 0) is 36.4 Å². The number of hydrogen-bond donors (Lipinski definition) is 5. The second-order valence-corrected chi connectivity index (χ2v) is 6.61. The van der Waals surface area contributed by atoms with Gasteiger partial charge in [-0.15, -0.1) is 0 Å². The summed E-state index contributed by atoms with van der Waals surface area (Å²) in [5.41, 5.74) is 9.18. The molecule has 2 aromatic carbocycles. The van der Waals surface area contributed by atoms with Gasteiger partial charge in [0.15, 0.2) is 12.6 Å². The molecule has 2 aromatic rings. The maximum atomic E-state index is 11.8. The number of rotatable bonds is 5. The summed E-state index contributed by atoms with van der Waals surface area (Å²) in [6, 6.07) is 11.8. The molecule has 0 aliphatic rings. The minimum atomic E-state index is -4.32. The molecule has 11 heteroatoms. The first-order valence-corrected chi connectivity index (χ1v) is 8.75. The van der Waals surface area contributed by atoms with Gasteiger partial charge in [-0.1, -0.05) is 23.7 Å². The minimum absolute atomic E-state index is 0.231. The van der Waals surface area contributed by atoms with Crippen molar-refractivity contribution in [2.45, 2.75) is 4.90 Å². The van der Waals surface area contributed by atoms with Crippen LogP contribution in [0.5, 0.6) is 5.75 Å². The highest BCUT2D eigenvalue weighted by Gasteiger charge is 2.11. The molecule has 0 saturated carbocycles. The van der Waals surface area contributed by atoms with E-state index in [0.29, 0.717) is 10.8 Å². The van der Waals surface area contributed by atoms with Crippen LogP contribution in [0, 0.1) is 5.41 Å². The summed E-state index contributed by atoms with van der Waals surface area (Å²) >= 11 is 5.79. The molecule has 140 valence electrons. The Kier molecular flexibility index (Phi) is 7.84. The zero-order valence-electron chi connectivity index (χ0n) is 13.3. The molecule has 2 rings (SSSR count). The molecular formula is C15H17ClN4O5S. The minimum Gasteiger partial charge on any atom is -0.484 e. The Bertz CT molecular complexity index is 885. The van der Waals surface area contributed by atoms with Crippen LogP contribution in [0.25, 0.3) is 0 Å². The van der Waals surface area contributed by atoms with Crippen LogP contribution in [0.1, 0.15) is 0 Å². The highest BCUT2D eigenvalue weighted by molar-refractivity contribution is 7.85. The van der Waals surface area contributed by atoms with E-state index in [4.69, 9.17) is 26.3 Å². The van der Waals surface area contributed by atoms with Crippen LogP contribution in [0.2, 0.25) is 5.02 Å². The maximum Gasteiger partial charge on any atom is 0.294 e. The summed E-state index contributed by atoms with van der Waals surface area (Å²) in [5, 5.41) is 9.01. The summed E-state index contributed by atoms with van der Waals surface area (Å²) in [6.07, 6.45) is 0. The van der Waals surface area contributed by atoms with Crippen LogP contribution in [0.15, 0.2) is 53.4 Å². The maximum absolute atomic E-state index is 11.8. The van der Waals surface area contributed by atoms with Gasteiger partial charge in [-0.2, -0.15) is 8.42 Å². The predicted octanol–water partition coefficient (Wildman–Crippen LogP) is 1.44. The SMILES string of the molecule is N=C(N)N.O=C(COc1cccc(Cl)c1)Nc1cccc(S(=O)(=O)O)c1. The smallest absolute Gasteiger partial charge is 0.294 e. The standard InChI is InChI=1S/C14H12ClNO5S.CH5N3/c15-10-3-1-5-12(7-10)21-9-14(17)16-11-4-2-6-13(8-11)22(18,19)20;2-1(3)4/h1-8H,9H2,(H,16,17)(H,18,19,20);(H5,2,3,4). The quantitative estimate of drug-likeness (QED) is 0.287. The Morgan fingerprint density at radius 2 is 1.81 bits per heavy atom. The van der Waals surface area contributed by atoms with E-state index in [9.17, 15) is 13.2 Å². The van der Waals surface area contributed by atoms with Crippen molar-refractivity contribution in [2.75, 3.05) is 11.9 Å².